The molecule has 1 aliphatic rings. The third kappa shape index (κ3) is 2.35. The van der Waals surface area contributed by atoms with Crippen molar-refractivity contribution < 1.29 is 9.47 Å². The van der Waals surface area contributed by atoms with Gasteiger partial charge >= 0.3 is 0 Å². The minimum Gasteiger partial charge on any atom is -0.486 e. The average molecular weight is 290 g/mol. The summed E-state index contributed by atoms with van der Waals surface area (Å²) in [7, 11) is 0. The fourth-order valence-electron chi connectivity index (χ4n) is 2.33. The number of halogens is 1. The van der Waals surface area contributed by atoms with Gasteiger partial charge in [0.05, 0.1) is 5.54 Å². The van der Waals surface area contributed by atoms with Crippen LogP contribution in [0.3, 0.4) is 0 Å². The zero-order valence-electron chi connectivity index (χ0n) is 11.2. The van der Waals surface area contributed by atoms with Crippen LogP contribution in [0, 0.1) is 0 Å². The van der Waals surface area contributed by atoms with Gasteiger partial charge in [-0.15, -0.1) is 0 Å². The summed E-state index contributed by atoms with van der Waals surface area (Å²) >= 11 is 5.93. The lowest BCUT2D eigenvalue weighted by Gasteiger charge is -2.28. The van der Waals surface area contributed by atoms with E-state index in [1.807, 2.05) is 49.4 Å². The lowest BCUT2D eigenvalue weighted by molar-refractivity contribution is 0.171. The SMILES string of the molecule is CC(N)(c1ccc(Cl)cc1)c1ccc2c(c1)OCCO2. The van der Waals surface area contributed by atoms with E-state index in [1.54, 1.807) is 0 Å². The minimum absolute atomic E-state index is 0.568. The first-order valence-corrected chi connectivity index (χ1v) is 6.90. The van der Waals surface area contributed by atoms with Crippen molar-refractivity contribution in [3.8, 4) is 11.5 Å². The van der Waals surface area contributed by atoms with Gasteiger partial charge in [0.2, 0.25) is 0 Å². The van der Waals surface area contributed by atoms with E-state index in [2.05, 4.69) is 0 Å². The Morgan fingerprint density at radius 2 is 1.55 bits per heavy atom. The molecule has 0 spiro atoms. The molecule has 0 saturated carbocycles. The van der Waals surface area contributed by atoms with Gasteiger partial charge in [0.25, 0.3) is 0 Å². The van der Waals surface area contributed by atoms with Crippen molar-refractivity contribution in [3.05, 3.63) is 58.6 Å². The van der Waals surface area contributed by atoms with Gasteiger partial charge in [-0.2, -0.15) is 0 Å². The highest BCUT2D eigenvalue weighted by molar-refractivity contribution is 6.30. The van der Waals surface area contributed by atoms with E-state index in [9.17, 15) is 0 Å². The number of fused-ring (bicyclic) bond motifs is 1. The Labute approximate surface area is 123 Å². The maximum Gasteiger partial charge on any atom is 0.161 e. The third-order valence-corrected chi connectivity index (χ3v) is 3.84. The van der Waals surface area contributed by atoms with E-state index in [1.165, 1.54) is 0 Å². The van der Waals surface area contributed by atoms with Crippen LogP contribution in [-0.2, 0) is 5.54 Å². The predicted molar refractivity (Wildman–Crippen MR) is 79.5 cm³/mol. The molecule has 3 rings (SSSR count). The number of rotatable bonds is 2. The molecule has 3 nitrogen and oxygen atoms in total. The highest BCUT2D eigenvalue weighted by Gasteiger charge is 2.25. The first-order chi connectivity index (χ1) is 9.57. The van der Waals surface area contributed by atoms with Crippen LogP contribution in [0.1, 0.15) is 18.1 Å². The van der Waals surface area contributed by atoms with Gasteiger partial charge < -0.3 is 15.2 Å². The first kappa shape index (κ1) is 13.3. The van der Waals surface area contributed by atoms with E-state index in [4.69, 9.17) is 26.8 Å². The second kappa shape index (κ2) is 5.00. The lowest BCUT2D eigenvalue weighted by Crippen LogP contribution is -2.34. The van der Waals surface area contributed by atoms with E-state index >= 15 is 0 Å². The molecule has 0 radical (unpaired) electrons. The summed E-state index contributed by atoms with van der Waals surface area (Å²) in [4.78, 5) is 0. The lowest BCUT2D eigenvalue weighted by atomic mass is 9.85. The summed E-state index contributed by atoms with van der Waals surface area (Å²) in [6, 6.07) is 13.4. The molecule has 0 saturated heterocycles. The number of benzene rings is 2. The highest BCUT2D eigenvalue weighted by Crippen LogP contribution is 2.36. The molecule has 20 heavy (non-hydrogen) atoms. The molecule has 1 atom stereocenters. The maximum absolute atomic E-state index is 6.50. The molecule has 0 aliphatic carbocycles. The van der Waals surface area contributed by atoms with Crippen LogP contribution in [0.5, 0.6) is 11.5 Å². The van der Waals surface area contributed by atoms with Crippen LogP contribution in [-0.4, -0.2) is 13.2 Å². The molecule has 104 valence electrons. The van der Waals surface area contributed by atoms with Crippen molar-refractivity contribution in [2.75, 3.05) is 13.2 Å². The summed E-state index contributed by atoms with van der Waals surface area (Å²) in [6.07, 6.45) is 0. The monoisotopic (exact) mass is 289 g/mol. The van der Waals surface area contributed by atoms with Crippen LogP contribution < -0.4 is 15.2 Å². The first-order valence-electron chi connectivity index (χ1n) is 6.52. The van der Waals surface area contributed by atoms with Crippen LogP contribution in [0.15, 0.2) is 42.5 Å². The number of ether oxygens (including phenoxy) is 2. The fraction of sp³-hybridized carbons (Fsp3) is 0.250. The Morgan fingerprint density at radius 3 is 2.25 bits per heavy atom. The Kier molecular flexibility index (Phi) is 3.32. The standard InChI is InChI=1S/C16H16ClNO2/c1-16(18,11-2-5-13(17)6-3-11)12-4-7-14-15(10-12)20-9-8-19-14/h2-7,10H,8-9,18H2,1H3. The molecule has 2 aromatic carbocycles. The average Bonchev–Trinajstić information content (AvgIpc) is 2.47. The zero-order chi connectivity index (χ0) is 14.2. The number of hydrogen-bond acceptors (Lipinski definition) is 3. The second-order valence-electron chi connectivity index (χ2n) is 5.07. The molecule has 1 aliphatic heterocycles. The van der Waals surface area contributed by atoms with Gasteiger partial charge in [-0.1, -0.05) is 29.8 Å². The third-order valence-electron chi connectivity index (χ3n) is 3.59. The normalized spacial score (nSPS) is 16.6. The van der Waals surface area contributed by atoms with Gasteiger partial charge in [-0.25, -0.2) is 0 Å². The molecular weight excluding hydrogens is 274 g/mol. The van der Waals surface area contributed by atoms with Crippen molar-refractivity contribution in [3.63, 3.8) is 0 Å². The van der Waals surface area contributed by atoms with Gasteiger partial charge in [0.15, 0.2) is 11.5 Å². The van der Waals surface area contributed by atoms with Crippen molar-refractivity contribution in [2.45, 2.75) is 12.5 Å². The molecule has 2 N–H and O–H groups in total. The Hall–Kier alpha value is -1.71. The summed E-state index contributed by atoms with van der Waals surface area (Å²) in [6.45, 7) is 3.13. The smallest absolute Gasteiger partial charge is 0.161 e. The van der Waals surface area contributed by atoms with E-state index in [-0.39, 0.29) is 0 Å². The van der Waals surface area contributed by atoms with Crippen LogP contribution in [0.2, 0.25) is 5.02 Å². The Bertz CT molecular complexity index is 623. The highest BCUT2D eigenvalue weighted by atomic mass is 35.5. The topological polar surface area (TPSA) is 44.5 Å². The van der Waals surface area contributed by atoms with E-state index < -0.39 is 5.54 Å². The summed E-state index contributed by atoms with van der Waals surface area (Å²) in [5.41, 5.74) is 7.87. The van der Waals surface area contributed by atoms with E-state index in [0.29, 0.717) is 18.2 Å². The number of hydrogen-bond donors (Lipinski definition) is 1. The number of nitrogens with two attached hydrogens (primary N) is 1. The Balaban J connectivity index is 2.00. The molecule has 0 fully saturated rings. The molecule has 2 aromatic rings. The molecule has 1 unspecified atom stereocenters. The summed E-state index contributed by atoms with van der Waals surface area (Å²) in [5.74, 6) is 1.52. The molecule has 0 aromatic heterocycles. The quantitative estimate of drug-likeness (QED) is 0.922. The molecule has 4 heteroatoms. The van der Waals surface area contributed by atoms with Gasteiger partial charge in [-0.05, 0) is 42.3 Å². The van der Waals surface area contributed by atoms with Crippen LogP contribution in [0.4, 0.5) is 0 Å². The maximum atomic E-state index is 6.50. The van der Waals surface area contributed by atoms with Crippen LogP contribution in [0.25, 0.3) is 0 Å². The summed E-state index contributed by atoms with van der Waals surface area (Å²) in [5, 5.41) is 0.701. The molecule has 0 bridgehead atoms. The second-order valence-corrected chi connectivity index (χ2v) is 5.50. The van der Waals surface area contributed by atoms with Crippen molar-refractivity contribution in [1.29, 1.82) is 0 Å². The van der Waals surface area contributed by atoms with Gasteiger partial charge in [-0.3, -0.25) is 0 Å². The van der Waals surface area contributed by atoms with Crippen molar-refractivity contribution in [1.82, 2.24) is 0 Å². The fourth-order valence-corrected chi connectivity index (χ4v) is 2.46. The molecular formula is C16H16ClNO2. The zero-order valence-corrected chi connectivity index (χ0v) is 12.0. The summed E-state index contributed by atoms with van der Waals surface area (Å²) < 4.78 is 11.1. The van der Waals surface area contributed by atoms with E-state index in [0.717, 1.165) is 22.6 Å². The predicted octanol–water partition coefficient (Wildman–Crippen LogP) is 3.33. The Morgan fingerprint density at radius 1 is 0.950 bits per heavy atom. The largest absolute Gasteiger partial charge is 0.486 e. The molecule has 1 heterocycles. The molecule has 0 amide bonds. The van der Waals surface area contributed by atoms with Gasteiger partial charge in [0, 0.05) is 5.02 Å². The minimum atomic E-state index is -0.611. The van der Waals surface area contributed by atoms with Crippen molar-refractivity contribution in [2.24, 2.45) is 5.73 Å². The van der Waals surface area contributed by atoms with Gasteiger partial charge in [0.1, 0.15) is 13.2 Å². The van der Waals surface area contributed by atoms with Crippen molar-refractivity contribution >= 4 is 11.6 Å². The van der Waals surface area contributed by atoms with Crippen LogP contribution >= 0.6 is 11.6 Å².